The quantitative estimate of drug-likeness (QED) is 0.527. The van der Waals surface area contributed by atoms with Crippen molar-refractivity contribution < 1.29 is 9.21 Å². The molecule has 0 fully saturated rings. The Morgan fingerprint density at radius 1 is 1.14 bits per heavy atom. The third kappa shape index (κ3) is 4.33. The van der Waals surface area contributed by atoms with Gasteiger partial charge in [-0.3, -0.25) is 14.2 Å². The molecule has 7 nitrogen and oxygen atoms in total. The molecule has 3 heterocycles. The molecule has 28 heavy (non-hydrogen) atoms. The standard InChI is InChI=1S/C19H23BrClN5O2/c1-11-17(20)13(3)25(23-11)9-5-8-22-19(27)16-7-6-15(28-16)10-26-14(4)18(21)12(2)24-26/h6-7H,5,8-10H2,1-4H3,(H,22,27). The molecule has 3 aromatic heterocycles. The van der Waals surface area contributed by atoms with E-state index in [1.54, 1.807) is 16.8 Å². The van der Waals surface area contributed by atoms with Gasteiger partial charge in [-0.25, -0.2) is 0 Å². The lowest BCUT2D eigenvalue weighted by molar-refractivity contribution is 0.0923. The number of amides is 1. The Morgan fingerprint density at radius 3 is 2.46 bits per heavy atom. The molecule has 0 atom stereocenters. The van der Waals surface area contributed by atoms with Crippen LogP contribution >= 0.6 is 27.5 Å². The van der Waals surface area contributed by atoms with Crippen LogP contribution < -0.4 is 5.32 Å². The zero-order chi connectivity index (χ0) is 20.4. The zero-order valence-electron chi connectivity index (χ0n) is 16.3. The number of hydrogen-bond acceptors (Lipinski definition) is 4. The van der Waals surface area contributed by atoms with E-state index < -0.39 is 0 Å². The fraction of sp³-hybridized carbons (Fsp3) is 0.421. The van der Waals surface area contributed by atoms with Gasteiger partial charge in [-0.15, -0.1) is 0 Å². The number of aromatic nitrogens is 4. The summed E-state index contributed by atoms with van der Waals surface area (Å²) in [6.45, 7) is 9.45. The molecular weight excluding hydrogens is 446 g/mol. The molecule has 0 saturated carbocycles. The van der Waals surface area contributed by atoms with Crippen molar-refractivity contribution in [1.82, 2.24) is 24.9 Å². The van der Waals surface area contributed by atoms with E-state index >= 15 is 0 Å². The summed E-state index contributed by atoms with van der Waals surface area (Å²) < 4.78 is 10.4. The van der Waals surface area contributed by atoms with Gasteiger partial charge in [0, 0.05) is 18.8 Å². The minimum atomic E-state index is -0.229. The molecule has 150 valence electrons. The predicted molar refractivity (Wildman–Crippen MR) is 111 cm³/mol. The molecule has 0 saturated heterocycles. The van der Waals surface area contributed by atoms with E-state index in [4.69, 9.17) is 16.0 Å². The van der Waals surface area contributed by atoms with Crippen LogP contribution in [0.2, 0.25) is 5.02 Å². The second kappa shape index (κ2) is 8.53. The maximum atomic E-state index is 12.3. The second-order valence-electron chi connectivity index (χ2n) is 6.73. The van der Waals surface area contributed by atoms with E-state index in [-0.39, 0.29) is 11.7 Å². The molecule has 0 bridgehead atoms. The summed E-state index contributed by atoms with van der Waals surface area (Å²) in [5.74, 6) is 0.712. The Hall–Kier alpha value is -2.06. The van der Waals surface area contributed by atoms with Gasteiger partial charge in [-0.2, -0.15) is 10.2 Å². The van der Waals surface area contributed by atoms with Crippen LogP contribution in [0.4, 0.5) is 0 Å². The molecule has 1 amide bonds. The Kier molecular flexibility index (Phi) is 6.30. The van der Waals surface area contributed by atoms with Gasteiger partial charge in [-0.05, 0) is 62.2 Å². The van der Waals surface area contributed by atoms with Crippen LogP contribution in [0.1, 0.15) is 45.5 Å². The molecule has 0 spiro atoms. The first-order valence-electron chi connectivity index (χ1n) is 9.04. The first-order chi connectivity index (χ1) is 13.3. The van der Waals surface area contributed by atoms with Crippen LogP contribution in [0, 0.1) is 27.7 Å². The molecule has 0 aromatic carbocycles. The highest BCUT2D eigenvalue weighted by atomic mass is 79.9. The van der Waals surface area contributed by atoms with Gasteiger partial charge in [0.15, 0.2) is 5.76 Å². The monoisotopic (exact) mass is 467 g/mol. The number of furan rings is 1. The van der Waals surface area contributed by atoms with Gasteiger partial charge in [0.2, 0.25) is 0 Å². The molecule has 3 rings (SSSR count). The number of aryl methyl sites for hydroxylation is 3. The molecule has 9 heteroatoms. The summed E-state index contributed by atoms with van der Waals surface area (Å²) >= 11 is 9.69. The molecule has 0 aliphatic carbocycles. The smallest absolute Gasteiger partial charge is 0.286 e. The molecule has 1 N–H and O–H groups in total. The number of carbonyl (C=O) groups is 1. The van der Waals surface area contributed by atoms with Crippen molar-refractivity contribution in [3.8, 4) is 0 Å². The summed E-state index contributed by atoms with van der Waals surface area (Å²) in [5, 5.41) is 12.4. The zero-order valence-corrected chi connectivity index (χ0v) is 18.7. The first-order valence-corrected chi connectivity index (χ1v) is 10.2. The Morgan fingerprint density at radius 2 is 1.86 bits per heavy atom. The molecule has 0 aliphatic rings. The lowest BCUT2D eigenvalue weighted by Crippen LogP contribution is -2.25. The second-order valence-corrected chi connectivity index (χ2v) is 7.90. The summed E-state index contributed by atoms with van der Waals surface area (Å²) in [6, 6.07) is 3.46. The summed E-state index contributed by atoms with van der Waals surface area (Å²) in [7, 11) is 0. The van der Waals surface area contributed by atoms with Gasteiger partial charge in [-0.1, -0.05) is 11.6 Å². The van der Waals surface area contributed by atoms with Crippen LogP contribution in [0.3, 0.4) is 0 Å². The van der Waals surface area contributed by atoms with Crippen molar-refractivity contribution in [2.75, 3.05) is 6.54 Å². The fourth-order valence-corrected chi connectivity index (χ4v) is 3.39. The molecule has 3 aromatic rings. The number of carbonyl (C=O) groups excluding carboxylic acids is 1. The van der Waals surface area contributed by atoms with Crippen molar-refractivity contribution in [1.29, 1.82) is 0 Å². The maximum Gasteiger partial charge on any atom is 0.286 e. The number of nitrogens with one attached hydrogen (secondary N) is 1. The van der Waals surface area contributed by atoms with Crippen molar-refractivity contribution in [2.45, 2.75) is 47.2 Å². The van der Waals surface area contributed by atoms with Gasteiger partial charge < -0.3 is 9.73 Å². The highest BCUT2D eigenvalue weighted by molar-refractivity contribution is 9.10. The van der Waals surface area contributed by atoms with E-state index in [0.29, 0.717) is 23.9 Å². The number of nitrogens with zero attached hydrogens (tertiary/aromatic N) is 4. The molecular formula is C19H23BrClN5O2. The van der Waals surface area contributed by atoms with E-state index in [9.17, 15) is 4.79 Å². The van der Waals surface area contributed by atoms with Gasteiger partial charge in [0.05, 0.1) is 33.1 Å². The Bertz CT molecular complexity index is 1000. The molecule has 0 unspecified atom stereocenters. The largest absolute Gasteiger partial charge is 0.454 e. The number of halogens is 2. The minimum Gasteiger partial charge on any atom is -0.454 e. The van der Waals surface area contributed by atoms with Crippen molar-refractivity contribution in [3.05, 3.63) is 55.9 Å². The van der Waals surface area contributed by atoms with Gasteiger partial charge in [0.1, 0.15) is 5.76 Å². The predicted octanol–water partition coefficient (Wildman–Crippen LogP) is 4.19. The van der Waals surface area contributed by atoms with Crippen LogP contribution in [0.25, 0.3) is 0 Å². The summed E-state index contributed by atoms with van der Waals surface area (Å²) in [6.07, 6.45) is 0.776. The van der Waals surface area contributed by atoms with Crippen molar-refractivity contribution in [2.24, 2.45) is 0 Å². The normalized spacial score (nSPS) is 11.2. The number of hydrogen-bond donors (Lipinski definition) is 1. The van der Waals surface area contributed by atoms with Crippen LogP contribution in [0.15, 0.2) is 21.0 Å². The molecule has 0 radical (unpaired) electrons. The average molecular weight is 469 g/mol. The lowest BCUT2D eigenvalue weighted by atomic mass is 10.3. The topological polar surface area (TPSA) is 77.9 Å². The van der Waals surface area contributed by atoms with Crippen LogP contribution in [-0.4, -0.2) is 32.0 Å². The molecule has 0 aliphatic heterocycles. The van der Waals surface area contributed by atoms with Crippen molar-refractivity contribution in [3.63, 3.8) is 0 Å². The summed E-state index contributed by atoms with van der Waals surface area (Å²) in [5.41, 5.74) is 3.70. The van der Waals surface area contributed by atoms with Gasteiger partial charge in [0.25, 0.3) is 5.91 Å². The van der Waals surface area contributed by atoms with Gasteiger partial charge >= 0.3 is 0 Å². The van der Waals surface area contributed by atoms with E-state index in [1.807, 2.05) is 32.4 Å². The van der Waals surface area contributed by atoms with Crippen molar-refractivity contribution >= 4 is 33.4 Å². The first kappa shape index (κ1) is 20.7. The Balaban J connectivity index is 1.51. The lowest BCUT2D eigenvalue weighted by Gasteiger charge is -2.06. The Labute approximate surface area is 177 Å². The average Bonchev–Trinajstić information content (AvgIpc) is 3.30. The van der Waals surface area contributed by atoms with E-state index in [2.05, 4.69) is 31.4 Å². The van der Waals surface area contributed by atoms with Crippen LogP contribution in [-0.2, 0) is 13.1 Å². The SMILES string of the molecule is Cc1nn(Cc2ccc(C(=O)NCCCn3nc(C)c(Br)c3C)o2)c(C)c1Cl. The third-order valence-electron chi connectivity index (χ3n) is 4.61. The minimum absolute atomic E-state index is 0.229. The summed E-state index contributed by atoms with van der Waals surface area (Å²) in [4.78, 5) is 12.3. The van der Waals surface area contributed by atoms with E-state index in [0.717, 1.165) is 40.2 Å². The van der Waals surface area contributed by atoms with E-state index in [1.165, 1.54) is 0 Å². The third-order valence-corrected chi connectivity index (χ3v) is 6.30. The number of rotatable bonds is 7. The van der Waals surface area contributed by atoms with Crippen LogP contribution in [0.5, 0.6) is 0 Å². The maximum absolute atomic E-state index is 12.3. The highest BCUT2D eigenvalue weighted by Crippen LogP contribution is 2.21. The fourth-order valence-electron chi connectivity index (χ4n) is 2.97. The highest BCUT2D eigenvalue weighted by Gasteiger charge is 2.14.